The van der Waals surface area contributed by atoms with Crippen molar-refractivity contribution in [1.82, 2.24) is 0 Å². The normalized spacial score (nSPS) is 13.2. The number of aryl methyl sites for hydroxylation is 1. The van der Waals surface area contributed by atoms with Gasteiger partial charge in [-0.15, -0.1) is 0 Å². The third-order valence-electron chi connectivity index (χ3n) is 3.23. The van der Waals surface area contributed by atoms with Crippen LogP contribution in [-0.2, 0) is 0 Å². The van der Waals surface area contributed by atoms with Gasteiger partial charge in [-0.05, 0) is 41.1 Å². The molecule has 2 nitrogen and oxygen atoms in total. The fourth-order valence-corrected chi connectivity index (χ4v) is 3.04. The van der Waals surface area contributed by atoms with E-state index in [-0.39, 0.29) is 11.6 Å². The Labute approximate surface area is 118 Å². The molecule has 2 aromatic carbocycles. The SMILES string of the molecule is Cc1ccc(I)c2c1C(=O)c1ccccc1C2=O. The average Bonchev–Trinajstić information content (AvgIpc) is 2.38. The van der Waals surface area contributed by atoms with Gasteiger partial charge in [-0.25, -0.2) is 0 Å². The zero-order valence-corrected chi connectivity index (χ0v) is 11.8. The molecular formula is C15H9IO2. The van der Waals surface area contributed by atoms with Crippen LogP contribution >= 0.6 is 22.6 Å². The number of carbonyl (C=O) groups is 2. The largest absolute Gasteiger partial charge is 0.289 e. The molecule has 0 atom stereocenters. The lowest BCUT2D eigenvalue weighted by molar-refractivity contribution is 0.0978. The lowest BCUT2D eigenvalue weighted by Crippen LogP contribution is -2.23. The fourth-order valence-electron chi connectivity index (χ4n) is 2.34. The highest BCUT2D eigenvalue weighted by molar-refractivity contribution is 14.1. The van der Waals surface area contributed by atoms with Crippen molar-refractivity contribution >= 4 is 34.2 Å². The third-order valence-corrected chi connectivity index (χ3v) is 4.13. The number of carbonyl (C=O) groups excluding carboxylic acids is 2. The molecule has 0 spiro atoms. The second kappa shape index (κ2) is 4.02. The molecule has 0 aliphatic heterocycles. The summed E-state index contributed by atoms with van der Waals surface area (Å²) < 4.78 is 0.834. The van der Waals surface area contributed by atoms with Gasteiger partial charge >= 0.3 is 0 Å². The number of benzene rings is 2. The van der Waals surface area contributed by atoms with E-state index in [1.807, 2.05) is 19.1 Å². The van der Waals surface area contributed by atoms with Crippen LogP contribution in [0.5, 0.6) is 0 Å². The number of rotatable bonds is 0. The Balaban J connectivity index is 2.41. The van der Waals surface area contributed by atoms with Crippen LogP contribution in [0.1, 0.15) is 37.4 Å². The Morgan fingerprint density at radius 3 is 2.00 bits per heavy atom. The van der Waals surface area contributed by atoms with Crippen molar-refractivity contribution in [3.8, 4) is 0 Å². The van der Waals surface area contributed by atoms with Crippen molar-refractivity contribution in [3.05, 3.63) is 67.8 Å². The van der Waals surface area contributed by atoms with Gasteiger partial charge in [0.25, 0.3) is 0 Å². The lowest BCUT2D eigenvalue weighted by Gasteiger charge is -2.20. The molecule has 88 valence electrons. The van der Waals surface area contributed by atoms with Gasteiger partial charge in [0.2, 0.25) is 0 Å². The van der Waals surface area contributed by atoms with E-state index in [1.165, 1.54) is 0 Å². The maximum Gasteiger partial charge on any atom is 0.195 e. The fraction of sp³-hybridized carbons (Fsp3) is 0.0667. The Kier molecular flexibility index (Phi) is 2.59. The minimum atomic E-state index is -0.0479. The first-order chi connectivity index (χ1) is 8.61. The van der Waals surface area contributed by atoms with Gasteiger partial charge in [0, 0.05) is 25.8 Å². The van der Waals surface area contributed by atoms with Crippen LogP contribution in [0.2, 0.25) is 0 Å². The van der Waals surface area contributed by atoms with Crippen LogP contribution in [0.4, 0.5) is 0 Å². The predicted octanol–water partition coefficient (Wildman–Crippen LogP) is 3.38. The van der Waals surface area contributed by atoms with Crippen LogP contribution in [0.25, 0.3) is 0 Å². The lowest BCUT2D eigenvalue weighted by atomic mass is 9.82. The van der Waals surface area contributed by atoms with Crippen molar-refractivity contribution in [1.29, 1.82) is 0 Å². The van der Waals surface area contributed by atoms with E-state index in [4.69, 9.17) is 0 Å². The van der Waals surface area contributed by atoms with Crippen molar-refractivity contribution in [3.63, 3.8) is 0 Å². The molecule has 0 amide bonds. The molecule has 0 N–H and O–H groups in total. The summed E-state index contributed by atoms with van der Waals surface area (Å²) in [5, 5.41) is 0. The minimum absolute atomic E-state index is 0.0452. The summed E-state index contributed by atoms with van der Waals surface area (Å²) in [4.78, 5) is 24.9. The van der Waals surface area contributed by atoms with Gasteiger partial charge in [0.1, 0.15) is 0 Å². The second-order valence-electron chi connectivity index (χ2n) is 4.32. The zero-order valence-electron chi connectivity index (χ0n) is 9.66. The van der Waals surface area contributed by atoms with Crippen molar-refractivity contribution in [2.45, 2.75) is 6.92 Å². The highest BCUT2D eigenvalue weighted by Gasteiger charge is 2.31. The van der Waals surface area contributed by atoms with E-state index in [1.54, 1.807) is 24.3 Å². The Hall–Kier alpha value is -1.49. The first-order valence-electron chi connectivity index (χ1n) is 5.59. The molecule has 3 rings (SSSR count). The summed E-state index contributed by atoms with van der Waals surface area (Å²) >= 11 is 2.11. The van der Waals surface area contributed by atoms with Crippen LogP contribution < -0.4 is 0 Å². The number of hydrogen-bond acceptors (Lipinski definition) is 2. The van der Waals surface area contributed by atoms with E-state index in [0.29, 0.717) is 22.3 Å². The Bertz CT molecular complexity index is 642. The highest BCUT2D eigenvalue weighted by Crippen LogP contribution is 2.31. The van der Waals surface area contributed by atoms with E-state index < -0.39 is 0 Å². The zero-order chi connectivity index (χ0) is 12.9. The number of ketones is 2. The molecule has 0 saturated heterocycles. The van der Waals surface area contributed by atoms with E-state index >= 15 is 0 Å². The van der Waals surface area contributed by atoms with Crippen molar-refractivity contribution < 1.29 is 9.59 Å². The van der Waals surface area contributed by atoms with E-state index in [9.17, 15) is 9.59 Å². The van der Waals surface area contributed by atoms with Gasteiger partial charge in [-0.1, -0.05) is 30.3 Å². The summed E-state index contributed by atoms with van der Waals surface area (Å²) in [6.45, 7) is 1.87. The summed E-state index contributed by atoms with van der Waals surface area (Å²) in [7, 11) is 0. The second-order valence-corrected chi connectivity index (χ2v) is 5.48. The van der Waals surface area contributed by atoms with E-state index in [0.717, 1.165) is 9.13 Å². The van der Waals surface area contributed by atoms with Gasteiger partial charge in [-0.3, -0.25) is 9.59 Å². The van der Waals surface area contributed by atoms with Gasteiger partial charge in [-0.2, -0.15) is 0 Å². The summed E-state index contributed by atoms with van der Waals surface area (Å²) in [6, 6.07) is 10.8. The molecule has 1 aliphatic rings. The predicted molar refractivity (Wildman–Crippen MR) is 77.2 cm³/mol. The summed E-state index contributed by atoms with van der Waals surface area (Å²) in [5.41, 5.74) is 3.00. The Morgan fingerprint density at radius 2 is 1.39 bits per heavy atom. The van der Waals surface area contributed by atoms with Gasteiger partial charge < -0.3 is 0 Å². The quantitative estimate of drug-likeness (QED) is 0.584. The molecular weight excluding hydrogens is 339 g/mol. The molecule has 0 bridgehead atoms. The maximum atomic E-state index is 12.5. The topological polar surface area (TPSA) is 34.1 Å². The standard InChI is InChI=1S/C15H9IO2/c1-8-6-7-11(16)13-12(8)14(17)9-4-2-3-5-10(9)15(13)18/h2-7H,1H3. The summed E-state index contributed by atoms with van der Waals surface area (Å²) in [6.07, 6.45) is 0. The van der Waals surface area contributed by atoms with Gasteiger partial charge in [0.15, 0.2) is 11.6 Å². The average molecular weight is 348 g/mol. The van der Waals surface area contributed by atoms with Crippen LogP contribution in [0, 0.1) is 10.5 Å². The molecule has 0 saturated carbocycles. The molecule has 0 aromatic heterocycles. The van der Waals surface area contributed by atoms with Crippen molar-refractivity contribution in [2.24, 2.45) is 0 Å². The Morgan fingerprint density at radius 1 is 0.833 bits per heavy atom. The minimum Gasteiger partial charge on any atom is -0.289 e. The molecule has 1 aliphatic carbocycles. The molecule has 0 unspecified atom stereocenters. The monoisotopic (exact) mass is 348 g/mol. The smallest absolute Gasteiger partial charge is 0.195 e. The third kappa shape index (κ3) is 1.47. The van der Waals surface area contributed by atoms with Gasteiger partial charge in [0.05, 0.1) is 0 Å². The molecule has 3 heteroatoms. The maximum absolute atomic E-state index is 12.5. The number of fused-ring (bicyclic) bond motifs is 2. The number of hydrogen-bond donors (Lipinski definition) is 0. The molecule has 0 fully saturated rings. The molecule has 18 heavy (non-hydrogen) atoms. The van der Waals surface area contributed by atoms with Crippen LogP contribution in [0.15, 0.2) is 36.4 Å². The molecule has 0 radical (unpaired) electrons. The van der Waals surface area contributed by atoms with Crippen LogP contribution in [0.3, 0.4) is 0 Å². The first kappa shape index (κ1) is 11.6. The first-order valence-corrected chi connectivity index (χ1v) is 6.66. The van der Waals surface area contributed by atoms with Crippen molar-refractivity contribution in [2.75, 3.05) is 0 Å². The molecule has 0 heterocycles. The highest BCUT2D eigenvalue weighted by atomic mass is 127. The number of halogens is 1. The molecule has 2 aromatic rings. The summed E-state index contributed by atoms with van der Waals surface area (Å²) in [5.74, 6) is -0.0930. The van der Waals surface area contributed by atoms with Crippen LogP contribution in [-0.4, -0.2) is 11.6 Å². The van der Waals surface area contributed by atoms with E-state index in [2.05, 4.69) is 22.6 Å².